The fourth-order valence-corrected chi connectivity index (χ4v) is 4.63. The van der Waals surface area contributed by atoms with Gasteiger partial charge in [-0.05, 0) is 43.6 Å². The molecule has 2 aliphatic carbocycles. The van der Waals surface area contributed by atoms with Gasteiger partial charge in [-0.1, -0.05) is 19.3 Å². The van der Waals surface area contributed by atoms with Gasteiger partial charge in [0.2, 0.25) is 11.8 Å². The van der Waals surface area contributed by atoms with E-state index in [4.69, 9.17) is 0 Å². The first-order valence-corrected chi connectivity index (χ1v) is 10.2. The predicted octanol–water partition coefficient (Wildman–Crippen LogP) is 2.21. The molecule has 142 valence electrons. The molecular weight excluding hydrogens is 328 g/mol. The molecule has 3 fully saturated rings. The zero-order chi connectivity index (χ0) is 18.1. The predicted molar refractivity (Wildman–Crippen MR) is 98.4 cm³/mol. The van der Waals surface area contributed by atoms with E-state index in [0.717, 1.165) is 45.2 Å². The van der Waals surface area contributed by atoms with Crippen molar-refractivity contribution in [3.05, 3.63) is 18.0 Å². The lowest BCUT2D eigenvalue weighted by molar-refractivity contribution is -0.134. The maximum atomic E-state index is 12.7. The Kier molecular flexibility index (Phi) is 5.00. The van der Waals surface area contributed by atoms with Gasteiger partial charge in [0.1, 0.15) is 0 Å². The lowest BCUT2D eigenvalue weighted by Gasteiger charge is -2.33. The molecule has 1 aromatic heterocycles. The quantitative estimate of drug-likeness (QED) is 0.897. The summed E-state index contributed by atoms with van der Waals surface area (Å²) in [5.41, 5.74) is 1.18. The van der Waals surface area contributed by atoms with E-state index < -0.39 is 0 Å². The Bertz CT molecular complexity index is 657. The molecule has 26 heavy (non-hydrogen) atoms. The van der Waals surface area contributed by atoms with Crippen LogP contribution < -0.4 is 5.32 Å². The van der Waals surface area contributed by atoms with Gasteiger partial charge in [-0.2, -0.15) is 5.10 Å². The molecule has 4 rings (SSSR count). The van der Waals surface area contributed by atoms with Crippen LogP contribution in [0.4, 0.5) is 0 Å². The summed E-state index contributed by atoms with van der Waals surface area (Å²) in [6.45, 7) is 1.54. The molecule has 0 radical (unpaired) electrons. The molecular formula is C20H30N4O2. The number of carbonyl (C=O) groups excluding carboxylic acids is 2. The van der Waals surface area contributed by atoms with Crippen molar-refractivity contribution < 1.29 is 9.59 Å². The van der Waals surface area contributed by atoms with Crippen molar-refractivity contribution in [1.29, 1.82) is 0 Å². The Balaban J connectivity index is 1.22. The number of likely N-dealkylation sites (tertiary alicyclic amines) is 1. The Labute approximate surface area is 155 Å². The molecule has 2 heterocycles. The third-order valence-corrected chi connectivity index (χ3v) is 6.39. The van der Waals surface area contributed by atoms with Crippen molar-refractivity contribution in [2.24, 2.45) is 18.9 Å². The summed E-state index contributed by atoms with van der Waals surface area (Å²) in [5, 5.41) is 7.45. The number of aromatic nitrogens is 2. The fraction of sp³-hybridized carbons (Fsp3) is 0.750. The molecule has 0 bridgehead atoms. The summed E-state index contributed by atoms with van der Waals surface area (Å²) in [7, 11) is 1.91. The first kappa shape index (κ1) is 17.6. The average Bonchev–Trinajstić information content (AvgIpc) is 3.36. The number of hydrogen-bond donors (Lipinski definition) is 1. The van der Waals surface area contributed by atoms with E-state index in [2.05, 4.69) is 10.4 Å². The highest BCUT2D eigenvalue weighted by atomic mass is 16.2. The fourth-order valence-electron chi connectivity index (χ4n) is 4.63. The number of aryl methyl sites for hydroxylation is 1. The maximum Gasteiger partial charge on any atom is 0.226 e. The molecule has 0 aromatic carbocycles. The van der Waals surface area contributed by atoms with E-state index in [0.29, 0.717) is 5.92 Å². The summed E-state index contributed by atoms with van der Waals surface area (Å²) in [4.78, 5) is 27.1. The van der Waals surface area contributed by atoms with Crippen LogP contribution in [-0.4, -0.2) is 45.6 Å². The highest BCUT2D eigenvalue weighted by molar-refractivity contribution is 5.83. The molecule has 2 unspecified atom stereocenters. The van der Waals surface area contributed by atoms with Crippen LogP contribution in [-0.2, 0) is 16.6 Å². The van der Waals surface area contributed by atoms with Gasteiger partial charge in [0, 0.05) is 44.2 Å². The maximum absolute atomic E-state index is 12.7. The van der Waals surface area contributed by atoms with Gasteiger partial charge in [0.25, 0.3) is 0 Å². The van der Waals surface area contributed by atoms with E-state index in [1.807, 2.05) is 24.3 Å². The summed E-state index contributed by atoms with van der Waals surface area (Å²) in [6.07, 6.45) is 12.3. The van der Waals surface area contributed by atoms with Gasteiger partial charge < -0.3 is 10.2 Å². The molecule has 2 atom stereocenters. The minimum absolute atomic E-state index is 0.132. The van der Waals surface area contributed by atoms with Crippen molar-refractivity contribution in [1.82, 2.24) is 20.0 Å². The molecule has 1 N–H and O–H groups in total. The number of carbonyl (C=O) groups is 2. The molecule has 3 aliphatic rings. The van der Waals surface area contributed by atoms with Crippen LogP contribution in [0.5, 0.6) is 0 Å². The van der Waals surface area contributed by atoms with Crippen molar-refractivity contribution in [3.8, 4) is 0 Å². The standard InChI is InChI=1S/C20H30N4O2/c1-23-13-15(12-21-23)17-11-18(17)20(26)24-9-7-16(8-10-24)22-19(25)14-5-3-2-4-6-14/h12-14,16-18H,2-11H2,1H3,(H,22,25). The van der Waals surface area contributed by atoms with Crippen LogP contribution in [0.1, 0.15) is 62.8 Å². The van der Waals surface area contributed by atoms with Gasteiger partial charge >= 0.3 is 0 Å². The third-order valence-electron chi connectivity index (χ3n) is 6.39. The van der Waals surface area contributed by atoms with Crippen LogP contribution in [0.25, 0.3) is 0 Å². The SMILES string of the molecule is Cn1cc(C2CC2C(=O)N2CCC(NC(=O)C3CCCCC3)CC2)cn1. The number of nitrogens with one attached hydrogen (secondary N) is 1. The molecule has 2 saturated carbocycles. The molecule has 6 heteroatoms. The van der Waals surface area contributed by atoms with Crippen LogP contribution >= 0.6 is 0 Å². The molecule has 0 spiro atoms. The van der Waals surface area contributed by atoms with Crippen LogP contribution in [0.2, 0.25) is 0 Å². The number of hydrogen-bond acceptors (Lipinski definition) is 3. The van der Waals surface area contributed by atoms with Gasteiger partial charge in [-0.15, -0.1) is 0 Å². The van der Waals surface area contributed by atoms with Crippen molar-refractivity contribution in [2.75, 3.05) is 13.1 Å². The van der Waals surface area contributed by atoms with Gasteiger partial charge in [0.05, 0.1) is 6.20 Å². The normalized spacial score (nSPS) is 27.3. The van der Waals surface area contributed by atoms with E-state index >= 15 is 0 Å². The summed E-state index contributed by atoms with van der Waals surface area (Å²) in [6, 6.07) is 0.238. The Morgan fingerprint density at radius 3 is 2.50 bits per heavy atom. The van der Waals surface area contributed by atoms with Crippen LogP contribution in [0, 0.1) is 11.8 Å². The second-order valence-electron chi connectivity index (χ2n) is 8.34. The zero-order valence-corrected chi connectivity index (χ0v) is 15.7. The molecule has 6 nitrogen and oxygen atoms in total. The van der Waals surface area contributed by atoms with Crippen LogP contribution in [0.3, 0.4) is 0 Å². The monoisotopic (exact) mass is 358 g/mol. The summed E-state index contributed by atoms with van der Waals surface area (Å²) >= 11 is 0. The van der Waals surface area contributed by atoms with Gasteiger partial charge in [-0.25, -0.2) is 0 Å². The average molecular weight is 358 g/mol. The van der Waals surface area contributed by atoms with E-state index in [-0.39, 0.29) is 29.7 Å². The largest absolute Gasteiger partial charge is 0.353 e. The Morgan fingerprint density at radius 1 is 1.12 bits per heavy atom. The number of nitrogens with zero attached hydrogens (tertiary/aromatic N) is 3. The number of piperidine rings is 1. The second-order valence-corrected chi connectivity index (χ2v) is 8.34. The van der Waals surface area contributed by atoms with E-state index in [1.165, 1.54) is 24.8 Å². The van der Waals surface area contributed by atoms with Crippen molar-refractivity contribution in [3.63, 3.8) is 0 Å². The Hall–Kier alpha value is -1.85. The smallest absolute Gasteiger partial charge is 0.226 e. The topological polar surface area (TPSA) is 67.2 Å². The number of rotatable bonds is 4. The van der Waals surface area contributed by atoms with Gasteiger partial charge in [0.15, 0.2) is 0 Å². The minimum atomic E-state index is 0.132. The lowest BCUT2D eigenvalue weighted by atomic mass is 9.88. The minimum Gasteiger partial charge on any atom is -0.353 e. The van der Waals surface area contributed by atoms with Gasteiger partial charge in [-0.3, -0.25) is 14.3 Å². The molecule has 1 aliphatic heterocycles. The van der Waals surface area contributed by atoms with E-state index in [1.54, 1.807) is 4.68 Å². The zero-order valence-electron chi connectivity index (χ0n) is 15.7. The molecule has 1 saturated heterocycles. The third kappa shape index (κ3) is 3.79. The van der Waals surface area contributed by atoms with Crippen molar-refractivity contribution >= 4 is 11.8 Å². The summed E-state index contributed by atoms with van der Waals surface area (Å²) in [5.74, 6) is 1.23. The molecule has 1 aromatic rings. The highest BCUT2D eigenvalue weighted by Crippen LogP contribution is 2.48. The number of amides is 2. The first-order valence-electron chi connectivity index (χ1n) is 10.2. The first-order chi connectivity index (χ1) is 12.6. The highest BCUT2D eigenvalue weighted by Gasteiger charge is 2.46. The van der Waals surface area contributed by atoms with E-state index in [9.17, 15) is 9.59 Å². The Morgan fingerprint density at radius 2 is 1.85 bits per heavy atom. The van der Waals surface area contributed by atoms with Crippen LogP contribution in [0.15, 0.2) is 12.4 Å². The lowest BCUT2D eigenvalue weighted by Crippen LogP contribution is -2.48. The molecule has 2 amide bonds. The van der Waals surface area contributed by atoms with Crippen molar-refractivity contribution in [2.45, 2.75) is 63.3 Å². The summed E-state index contributed by atoms with van der Waals surface area (Å²) < 4.78 is 1.80. The second kappa shape index (κ2) is 7.41.